The van der Waals surface area contributed by atoms with Crippen molar-refractivity contribution in [3.63, 3.8) is 0 Å². The number of rotatable bonds is 7. The Hall–Kier alpha value is -4.05. The molecule has 1 saturated carbocycles. The summed E-state index contributed by atoms with van der Waals surface area (Å²) in [4.78, 5) is 34.4. The molecular weight excluding hydrogens is 490 g/mol. The minimum absolute atomic E-state index is 0.130. The van der Waals surface area contributed by atoms with Gasteiger partial charge in [0, 0.05) is 48.0 Å². The lowest BCUT2D eigenvalue weighted by Gasteiger charge is -2.16. The van der Waals surface area contributed by atoms with Gasteiger partial charge in [0.1, 0.15) is 5.69 Å². The average molecular weight is 518 g/mol. The van der Waals surface area contributed by atoms with Gasteiger partial charge in [0.25, 0.3) is 21.8 Å². The average Bonchev–Trinajstić information content (AvgIpc) is 3.42. The third-order valence-corrected chi connectivity index (χ3v) is 8.52. The Balaban J connectivity index is 1.57. The lowest BCUT2D eigenvalue weighted by molar-refractivity contribution is 0.0949. The van der Waals surface area contributed by atoms with Crippen molar-refractivity contribution in [2.75, 3.05) is 7.05 Å². The molecule has 37 heavy (non-hydrogen) atoms. The van der Waals surface area contributed by atoms with Crippen LogP contribution in [0.3, 0.4) is 0 Å². The van der Waals surface area contributed by atoms with Gasteiger partial charge in [-0.25, -0.2) is 17.4 Å². The number of carbonyl (C=O) groups is 2. The van der Waals surface area contributed by atoms with E-state index < -0.39 is 15.9 Å². The van der Waals surface area contributed by atoms with Crippen LogP contribution in [0.5, 0.6) is 0 Å². The van der Waals surface area contributed by atoms with Crippen molar-refractivity contribution in [3.05, 3.63) is 89.6 Å². The highest BCUT2D eigenvalue weighted by Gasteiger charge is 2.34. The number of carbonyl (C=O) groups excluding carboxylic acids is 2. The molecule has 3 heterocycles. The Morgan fingerprint density at radius 1 is 1.08 bits per heavy atom. The van der Waals surface area contributed by atoms with Crippen LogP contribution in [0.4, 0.5) is 0 Å². The normalized spacial score (nSPS) is 17.8. The summed E-state index contributed by atoms with van der Waals surface area (Å²) in [6, 6.07) is 13.2. The maximum atomic E-state index is 13.3. The quantitative estimate of drug-likeness (QED) is 0.388. The smallest absolute Gasteiger partial charge is 0.269 e. The Kier molecular flexibility index (Phi) is 6.28. The summed E-state index contributed by atoms with van der Waals surface area (Å²) in [6.45, 7) is 3.96. The van der Waals surface area contributed by atoms with Crippen LogP contribution in [0.25, 0.3) is 10.9 Å². The molecule has 3 atom stereocenters. The van der Waals surface area contributed by atoms with Crippen molar-refractivity contribution in [3.8, 4) is 0 Å². The largest absolute Gasteiger partial charge is 0.354 e. The molecule has 0 saturated heterocycles. The van der Waals surface area contributed by atoms with E-state index in [1.807, 2.05) is 6.92 Å². The molecule has 2 N–H and O–H groups in total. The maximum absolute atomic E-state index is 13.3. The first-order chi connectivity index (χ1) is 17.7. The van der Waals surface area contributed by atoms with E-state index in [0.29, 0.717) is 28.1 Å². The van der Waals surface area contributed by atoms with Gasteiger partial charge in [0.05, 0.1) is 16.6 Å². The highest BCUT2D eigenvalue weighted by Crippen LogP contribution is 2.32. The summed E-state index contributed by atoms with van der Waals surface area (Å²) in [5, 5.41) is 6.24. The van der Waals surface area contributed by atoms with E-state index in [0.717, 1.165) is 12.0 Å². The first-order valence-electron chi connectivity index (χ1n) is 12.0. The fraction of sp³-hybridized carbons (Fsp3) is 0.259. The number of fused-ring (bicyclic) bond motifs is 1. The Bertz CT molecular complexity index is 1610. The number of nitrogens with zero attached hydrogens (tertiary/aromatic N) is 3. The number of aromatic nitrogens is 3. The van der Waals surface area contributed by atoms with Crippen LogP contribution < -0.4 is 10.6 Å². The predicted octanol–water partition coefficient (Wildman–Crippen LogP) is 3.32. The van der Waals surface area contributed by atoms with Gasteiger partial charge in [0.15, 0.2) is 0 Å². The van der Waals surface area contributed by atoms with Gasteiger partial charge in [-0.1, -0.05) is 32.0 Å². The highest BCUT2D eigenvalue weighted by atomic mass is 32.2. The van der Waals surface area contributed by atoms with Crippen LogP contribution in [-0.4, -0.2) is 47.3 Å². The number of benzene rings is 1. The summed E-state index contributed by atoms with van der Waals surface area (Å²) in [6.07, 6.45) is 5.61. The van der Waals surface area contributed by atoms with Crippen LogP contribution in [0, 0.1) is 5.92 Å². The fourth-order valence-corrected chi connectivity index (χ4v) is 5.75. The number of hydrogen-bond donors (Lipinski definition) is 2. The Labute approximate surface area is 215 Å². The third-order valence-electron chi connectivity index (χ3n) is 6.81. The first-order valence-corrected chi connectivity index (χ1v) is 13.4. The second kappa shape index (κ2) is 9.44. The molecule has 1 fully saturated rings. The van der Waals surface area contributed by atoms with Crippen LogP contribution >= 0.6 is 0 Å². The molecule has 3 aromatic heterocycles. The molecule has 1 aliphatic rings. The van der Waals surface area contributed by atoms with Gasteiger partial charge >= 0.3 is 0 Å². The molecule has 10 heteroatoms. The predicted molar refractivity (Wildman–Crippen MR) is 139 cm³/mol. The van der Waals surface area contributed by atoms with Gasteiger partial charge in [-0.05, 0) is 48.2 Å². The van der Waals surface area contributed by atoms with Gasteiger partial charge in [-0.15, -0.1) is 0 Å². The zero-order valence-electron chi connectivity index (χ0n) is 20.7. The monoisotopic (exact) mass is 517 g/mol. The molecule has 5 rings (SSSR count). The summed E-state index contributed by atoms with van der Waals surface area (Å²) in [5.74, 6) is -0.615. The second-order valence-corrected chi connectivity index (χ2v) is 11.2. The van der Waals surface area contributed by atoms with Crippen molar-refractivity contribution in [2.24, 2.45) is 5.92 Å². The second-order valence-electron chi connectivity index (χ2n) is 9.35. The van der Waals surface area contributed by atoms with Gasteiger partial charge < -0.3 is 10.6 Å². The van der Waals surface area contributed by atoms with Gasteiger partial charge in [0.2, 0.25) is 0 Å². The molecule has 1 aromatic carbocycles. The van der Waals surface area contributed by atoms with Crippen LogP contribution in [-0.2, 0) is 10.0 Å². The van der Waals surface area contributed by atoms with Crippen LogP contribution in [0.1, 0.15) is 58.3 Å². The lowest BCUT2D eigenvalue weighted by atomic mass is 9.94. The zero-order chi connectivity index (χ0) is 26.3. The molecule has 0 aliphatic heterocycles. The SMILES string of the molecule is CNC(=O)c1cc(C(=O)N[C@H]2C[C@@H]2C)cc(C(C)c2cncc3c2ccn3S(=O)(=O)c2ccccc2)n1. The molecule has 1 aliphatic carbocycles. The Morgan fingerprint density at radius 2 is 1.81 bits per heavy atom. The molecule has 4 aromatic rings. The zero-order valence-corrected chi connectivity index (χ0v) is 21.5. The van der Waals surface area contributed by atoms with Crippen LogP contribution in [0.15, 0.2) is 72.0 Å². The number of pyridine rings is 2. The molecule has 190 valence electrons. The summed E-state index contributed by atoms with van der Waals surface area (Å²) in [7, 11) is -2.32. The molecule has 0 bridgehead atoms. The molecule has 0 spiro atoms. The number of amides is 2. The van der Waals surface area contributed by atoms with Gasteiger partial charge in [-0.3, -0.25) is 14.6 Å². The third kappa shape index (κ3) is 4.60. The van der Waals surface area contributed by atoms with E-state index in [-0.39, 0.29) is 28.5 Å². The van der Waals surface area contributed by atoms with Crippen molar-refractivity contribution in [1.29, 1.82) is 0 Å². The topological polar surface area (TPSA) is 123 Å². The molecule has 1 unspecified atom stereocenters. The highest BCUT2D eigenvalue weighted by molar-refractivity contribution is 7.90. The minimum atomic E-state index is -3.82. The van der Waals surface area contributed by atoms with Crippen molar-refractivity contribution >= 4 is 32.7 Å². The maximum Gasteiger partial charge on any atom is 0.269 e. The summed E-state index contributed by atoms with van der Waals surface area (Å²) >= 11 is 0. The lowest BCUT2D eigenvalue weighted by Crippen LogP contribution is -2.28. The van der Waals surface area contributed by atoms with Crippen molar-refractivity contribution < 1.29 is 18.0 Å². The van der Waals surface area contributed by atoms with E-state index >= 15 is 0 Å². The van der Waals surface area contributed by atoms with Crippen molar-refractivity contribution in [1.82, 2.24) is 24.6 Å². The first kappa shape index (κ1) is 24.6. The van der Waals surface area contributed by atoms with Crippen LogP contribution in [0.2, 0.25) is 0 Å². The van der Waals surface area contributed by atoms with E-state index in [4.69, 9.17) is 0 Å². The minimum Gasteiger partial charge on any atom is -0.354 e. The molecule has 9 nitrogen and oxygen atoms in total. The van der Waals surface area contributed by atoms with E-state index in [1.165, 1.54) is 29.5 Å². The molecular formula is C27H27N5O4S. The number of nitrogens with one attached hydrogen (secondary N) is 2. The van der Waals surface area contributed by atoms with Crippen molar-refractivity contribution in [2.45, 2.75) is 37.1 Å². The van der Waals surface area contributed by atoms with E-state index in [1.54, 1.807) is 48.7 Å². The standard InChI is InChI=1S/C27H27N5O4S/c1-16-11-22(16)31-26(33)18-12-23(30-24(13-18)27(34)28-3)17(2)21-14-29-15-25-20(21)9-10-32(25)37(35,36)19-7-5-4-6-8-19/h4-10,12-17,22H,11H2,1-3H3,(H,28,34)(H,31,33)/t16-,17?,22-/m0/s1. The molecule has 0 radical (unpaired) electrons. The summed E-state index contributed by atoms with van der Waals surface area (Å²) < 4.78 is 27.8. The fourth-order valence-electron chi connectivity index (χ4n) is 4.40. The van der Waals surface area contributed by atoms with Gasteiger partial charge in [-0.2, -0.15) is 0 Å². The van der Waals surface area contributed by atoms with E-state index in [9.17, 15) is 18.0 Å². The summed E-state index contributed by atoms with van der Waals surface area (Å²) in [5.41, 5.74) is 2.13. The number of hydrogen-bond acceptors (Lipinski definition) is 6. The van der Waals surface area contributed by atoms with E-state index in [2.05, 4.69) is 27.5 Å². The Morgan fingerprint density at radius 3 is 2.49 bits per heavy atom. The molecule has 2 amide bonds.